The molecule has 0 aromatic heterocycles. The lowest BCUT2D eigenvalue weighted by atomic mass is 10.1. The highest BCUT2D eigenvalue weighted by Crippen LogP contribution is 2.19. The number of benzene rings is 1. The second-order valence-electron chi connectivity index (χ2n) is 4.00. The minimum Gasteiger partial charge on any atom is -0.478 e. The van der Waals surface area contributed by atoms with E-state index in [0.717, 1.165) is 0 Å². The normalized spacial score (nSPS) is 10.9. The van der Waals surface area contributed by atoms with Crippen LogP contribution in [0.15, 0.2) is 24.3 Å². The number of ether oxygens (including phenoxy) is 1. The van der Waals surface area contributed by atoms with Crippen LogP contribution in [-0.4, -0.2) is 22.5 Å². The van der Waals surface area contributed by atoms with Crippen molar-refractivity contribution in [3.05, 3.63) is 29.8 Å². The Hall–Kier alpha value is -1.84. The summed E-state index contributed by atoms with van der Waals surface area (Å²) in [6.07, 6.45) is 0. The molecule has 0 aliphatic heterocycles. The quantitative estimate of drug-likeness (QED) is 0.792. The number of carbonyl (C=O) groups excluding carboxylic acids is 1. The first-order valence-electron chi connectivity index (χ1n) is 4.86. The molecule has 4 nitrogen and oxygen atoms in total. The number of carboxylic acid groups (broad SMARTS) is 1. The molecule has 16 heavy (non-hydrogen) atoms. The SMILES string of the molecule is CC(=O)c1ccc(OC(C)(C)C(=O)O)cc1. The molecule has 0 aliphatic rings. The first-order valence-corrected chi connectivity index (χ1v) is 4.86. The molecule has 1 aromatic rings. The van der Waals surface area contributed by atoms with Crippen molar-refractivity contribution in [1.82, 2.24) is 0 Å². The van der Waals surface area contributed by atoms with Crippen LogP contribution in [0.5, 0.6) is 5.75 Å². The van der Waals surface area contributed by atoms with Crippen LogP contribution < -0.4 is 4.74 Å². The highest BCUT2D eigenvalue weighted by molar-refractivity contribution is 5.94. The van der Waals surface area contributed by atoms with Gasteiger partial charge in [0.25, 0.3) is 0 Å². The Morgan fingerprint density at radius 1 is 1.19 bits per heavy atom. The summed E-state index contributed by atoms with van der Waals surface area (Å²) in [6.45, 7) is 4.40. The van der Waals surface area contributed by atoms with Gasteiger partial charge in [0.1, 0.15) is 5.75 Å². The Bertz CT molecular complexity index is 404. The number of hydrogen-bond donors (Lipinski definition) is 1. The van der Waals surface area contributed by atoms with Crippen molar-refractivity contribution in [2.45, 2.75) is 26.4 Å². The van der Waals surface area contributed by atoms with Crippen LogP contribution >= 0.6 is 0 Å². The Kier molecular flexibility index (Phi) is 3.32. The molecule has 86 valence electrons. The molecule has 0 unspecified atom stereocenters. The lowest BCUT2D eigenvalue weighted by Crippen LogP contribution is -2.37. The van der Waals surface area contributed by atoms with Crippen LogP contribution in [0.25, 0.3) is 0 Å². The smallest absolute Gasteiger partial charge is 0.347 e. The van der Waals surface area contributed by atoms with E-state index in [1.165, 1.54) is 20.8 Å². The van der Waals surface area contributed by atoms with E-state index in [1.54, 1.807) is 24.3 Å². The maximum absolute atomic E-state index is 11.0. The number of carboxylic acids is 1. The van der Waals surface area contributed by atoms with Crippen molar-refractivity contribution in [2.24, 2.45) is 0 Å². The van der Waals surface area contributed by atoms with Gasteiger partial charge in [-0.25, -0.2) is 4.79 Å². The number of aliphatic carboxylic acids is 1. The lowest BCUT2D eigenvalue weighted by Gasteiger charge is -2.21. The Morgan fingerprint density at radius 2 is 1.69 bits per heavy atom. The molecule has 1 aromatic carbocycles. The van der Waals surface area contributed by atoms with E-state index in [1.807, 2.05) is 0 Å². The van der Waals surface area contributed by atoms with Gasteiger partial charge in [-0.1, -0.05) is 0 Å². The molecular weight excluding hydrogens is 208 g/mol. The van der Waals surface area contributed by atoms with Gasteiger partial charge in [-0.3, -0.25) is 4.79 Å². The minimum atomic E-state index is -1.28. The molecule has 1 N–H and O–H groups in total. The summed E-state index contributed by atoms with van der Waals surface area (Å²) in [4.78, 5) is 21.8. The first-order chi connectivity index (χ1) is 7.33. The highest BCUT2D eigenvalue weighted by atomic mass is 16.5. The van der Waals surface area contributed by atoms with Crippen molar-refractivity contribution in [3.8, 4) is 5.75 Å². The van der Waals surface area contributed by atoms with E-state index < -0.39 is 11.6 Å². The fourth-order valence-corrected chi connectivity index (χ4v) is 1.10. The molecule has 0 amide bonds. The molecule has 0 bridgehead atoms. The summed E-state index contributed by atoms with van der Waals surface area (Å²) in [5.41, 5.74) is -0.710. The summed E-state index contributed by atoms with van der Waals surface area (Å²) in [7, 11) is 0. The fourth-order valence-electron chi connectivity index (χ4n) is 1.10. The molecule has 1 rings (SSSR count). The average Bonchev–Trinajstić information content (AvgIpc) is 2.17. The van der Waals surface area contributed by atoms with Crippen molar-refractivity contribution in [1.29, 1.82) is 0 Å². The van der Waals surface area contributed by atoms with E-state index in [4.69, 9.17) is 9.84 Å². The molecular formula is C12H14O4. The van der Waals surface area contributed by atoms with Crippen molar-refractivity contribution in [3.63, 3.8) is 0 Å². The highest BCUT2D eigenvalue weighted by Gasteiger charge is 2.29. The predicted molar refractivity (Wildman–Crippen MR) is 58.8 cm³/mol. The lowest BCUT2D eigenvalue weighted by molar-refractivity contribution is -0.152. The number of carbonyl (C=O) groups is 2. The molecule has 0 heterocycles. The van der Waals surface area contributed by atoms with Gasteiger partial charge in [-0.05, 0) is 45.0 Å². The Balaban J connectivity index is 2.84. The minimum absolute atomic E-state index is 0.0379. The average molecular weight is 222 g/mol. The van der Waals surface area contributed by atoms with Gasteiger partial charge in [-0.2, -0.15) is 0 Å². The molecule has 4 heteroatoms. The zero-order valence-electron chi connectivity index (χ0n) is 9.48. The number of hydrogen-bond acceptors (Lipinski definition) is 3. The second kappa shape index (κ2) is 4.35. The maximum Gasteiger partial charge on any atom is 0.347 e. The maximum atomic E-state index is 11.0. The third kappa shape index (κ3) is 2.82. The summed E-state index contributed by atoms with van der Waals surface area (Å²) >= 11 is 0. The third-order valence-corrected chi connectivity index (χ3v) is 2.15. The molecule has 0 fully saturated rings. The third-order valence-electron chi connectivity index (χ3n) is 2.15. The van der Waals surface area contributed by atoms with Crippen LogP contribution in [-0.2, 0) is 4.79 Å². The van der Waals surface area contributed by atoms with E-state index in [2.05, 4.69) is 0 Å². The van der Waals surface area contributed by atoms with Crippen LogP contribution in [0.3, 0.4) is 0 Å². The predicted octanol–water partition coefficient (Wildman–Crippen LogP) is 2.13. The van der Waals surface area contributed by atoms with Crippen LogP contribution in [0.4, 0.5) is 0 Å². The molecule has 0 saturated heterocycles. The van der Waals surface area contributed by atoms with Crippen molar-refractivity contribution >= 4 is 11.8 Å². The van der Waals surface area contributed by atoms with Gasteiger partial charge in [0.15, 0.2) is 11.4 Å². The summed E-state index contributed by atoms with van der Waals surface area (Å²) in [5.74, 6) is -0.649. The van der Waals surface area contributed by atoms with Crippen LogP contribution in [0.1, 0.15) is 31.1 Å². The largest absolute Gasteiger partial charge is 0.478 e. The molecule has 0 spiro atoms. The number of ketones is 1. The molecule has 0 atom stereocenters. The van der Waals surface area contributed by atoms with Crippen LogP contribution in [0, 0.1) is 0 Å². The number of rotatable bonds is 4. The van der Waals surface area contributed by atoms with Gasteiger partial charge in [0.2, 0.25) is 0 Å². The van der Waals surface area contributed by atoms with E-state index in [-0.39, 0.29) is 5.78 Å². The molecule has 0 saturated carbocycles. The summed E-state index contributed by atoms with van der Waals surface area (Å²) in [6, 6.07) is 6.38. The first kappa shape index (κ1) is 12.2. The monoisotopic (exact) mass is 222 g/mol. The van der Waals surface area contributed by atoms with Gasteiger partial charge in [0.05, 0.1) is 0 Å². The summed E-state index contributed by atoms with van der Waals surface area (Å²) in [5, 5.41) is 8.87. The molecule has 0 aliphatic carbocycles. The topological polar surface area (TPSA) is 63.6 Å². The molecule has 0 radical (unpaired) electrons. The van der Waals surface area contributed by atoms with E-state index in [9.17, 15) is 9.59 Å². The summed E-state index contributed by atoms with van der Waals surface area (Å²) < 4.78 is 5.29. The van der Waals surface area contributed by atoms with Gasteiger partial charge >= 0.3 is 5.97 Å². The van der Waals surface area contributed by atoms with Crippen molar-refractivity contribution in [2.75, 3.05) is 0 Å². The zero-order valence-corrected chi connectivity index (χ0v) is 9.48. The van der Waals surface area contributed by atoms with E-state index >= 15 is 0 Å². The number of Topliss-reactive ketones (excluding diaryl/α,β-unsaturated/α-hetero) is 1. The van der Waals surface area contributed by atoms with Gasteiger partial charge < -0.3 is 9.84 Å². The zero-order chi connectivity index (χ0) is 12.3. The van der Waals surface area contributed by atoms with Gasteiger partial charge in [0, 0.05) is 5.56 Å². The standard InChI is InChI=1S/C12H14O4/c1-8(13)9-4-6-10(7-5-9)16-12(2,3)11(14)15/h4-7H,1-3H3,(H,14,15). The van der Waals surface area contributed by atoms with Crippen molar-refractivity contribution < 1.29 is 19.4 Å². The second-order valence-corrected chi connectivity index (χ2v) is 4.00. The fraction of sp³-hybridized carbons (Fsp3) is 0.333. The Labute approximate surface area is 93.9 Å². The Morgan fingerprint density at radius 3 is 2.06 bits per heavy atom. The van der Waals surface area contributed by atoms with Gasteiger partial charge in [-0.15, -0.1) is 0 Å². The van der Waals surface area contributed by atoms with E-state index in [0.29, 0.717) is 11.3 Å². The van der Waals surface area contributed by atoms with Crippen LogP contribution in [0.2, 0.25) is 0 Å².